The minimum absolute atomic E-state index is 0.177. The van der Waals surface area contributed by atoms with Gasteiger partial charge in [0, 0.05) is 6.54 Å². The van der Waals surface area contributed by atoms with E-state index in [-0.39, 0.29) is 11.3 Å². The van der Waals surface area contributed by atoms with Gasteiger partial charge in [-0.3, -0.25) is 4.79 Å². The number of carbonyl (C=O) groups excluding carboxylic acids is 1. The highest BCUT2D eigenvalue weighted by molar-refractivity contribution is 7.16. The van der Waals surface area contributed by atoms with Crippen LogP contribution in [0.2, 0.25) is 0 Å². The van der Waals surface area contributed by atoms with Crippen LogP contribution in [-0.4, -0.2) is 47.7 Å². The number of nitrogen functional groups attached to an aromatic ring is 1. The van der Waals surface area contributed by atoms with Crippen molar-refractivity contribution in [3.8, 4) is 0 Å². The van der Waals surface area contributed by atoms with Crippen LogP contribution in [0.3, 0.4) is 0 Å². The first-order chi connectivity index (χ1) is 8.48. The second-order valence-corrected chi connectivity index (χ2v) is 6.25. The van der Waals surface area contributed by atoms with Crippen LogP contribution in [0.25, 0.3) is 0 Å². The molecule has 1 saturated heterocycles. The first kappa shape index (κ1) is 13.2. The van der Waals surface area contributed by atoms with E-state index in [2.05, 4.69) is 34.4 Å². The van der Waals surface area contributed by atoms with Crippen molar-refractivity contribution >= 4 is 22.4 Å². The number of nitrogens with one attached hydrogen (secondary N) is 1. The number of nitrogens with zero attached hydrogens (tertiary/aromatic N) is 3. The van der Waals surface area contributed by atoms with Crippen molar-refractivity contribution in [3.63, 3.8) is 0 Å². The molecular weight excluding hydrogens is 250 g/mol. The Morgan fingerprint density at radius 1 is 1.50 bits per heavy atom. The van der Waals surface area contributed by atoms with E-state index in [1.54, 1.807) is 0 Å². The van der Waals surface area contributed by atoms with Crippen LogP contribution in [0.1, 0.15) is 29.6 Å². The molecule has 18 heavy (non-hydrogen) atoms. The average Bonchev–Trinajstić information content (AvgIpc) is 2.77. The number of nitrogens with two attached hydrogens (primary N) is 1. The van der Waals surface area contributed by atoms with Crippen LogP contribution in [-0.2, 0) is 0 Å². The topological polar surface area (TPSA) is 84.1 Å². The molecule has 0 unspecified atom stereocenters. The lowest BCUT2D eigenvalue weighted by molar-refractivity contribution is 0.0890. The second kappa shape index (κ2) is 5.19. The van der Waals surface area contributed by atoms with E-state index in [1.807, 2.05) is 0 Å². The van der Waals surface area contributed by atoms with Gasteiger partial charge in [-0.05, 0) is 38.4 Å². The van der Waals surface area contributed by atoms with E-state index in [0.717, 1.165) is 37.3 Å². The Morgan fingerprint density at radius 2 is 2.17 bits per heavy atom. The van der Waals surface area contributed by atoms with Gasteiger partial charge in [0.2, 0.25) is 10.1 Å². The van der Waals surface area contributed by atoms with Gasteiger partial charge in [0.05, 0.1) is 0 Å². The summed E-state index contributed by atoms with van der Waals surface area (Å²) in [5.41, 5.74) is 5.63. The molecular formula is C11H19N5OS. The second-order valence-electron chi connectivity index (χ2n) is 5.24. The molecule has 0 spiro atoms. The predicted molar refractivity (Wildman–Crippen MR) is 71.5 cm³/mol. The molecule has 6 nitrogen and oxygen atoms in total. The Balaban J connectivity index is 1.86. The summed E-state index contributed by atoms with van der Waals surface area (Å²) in [5, 5.41) is 11.0. The van der Waals surface area contributed by atoms with E-state index >= 15 is 0 Å². The lowest BCUT2D eigenvalue weighted by Crippen LogP contribution is -2.43. The molecule has 2 rings (SSSR count). The van der Waals surface area contributed by atoms with E-state index < -0.39 is 0 Å². The lowest BCUT2D eigenvalue weighted by Gasteiger charge is -2.37. The summed E-state index contributed by atoms with van der Waals surface area (Å²) in [5.74, 6) is -0.177. The maximum atomic E-state index is 11.8. The standard InChI is InChI=1S/C11H19N5OS/c1-11(3-5-16(2)6-4-11)7-13-8(17)9-14-15-10(12)18-9/h3-7H2,1-2H3,(H2,12,15)(H,13,17). The van der Waals surface area contributed by atoms with Crippen molar-refractivity contribution in [1.29, 1.82) is 0 Å². The summed E-state index contributed by atoms with van der Waals surface area (Å²) in [4.78, 5) is 14.2. The van der Waals surface area contributed by atoms with Crippen molar-refractivity contribution in [2.24, 2.45) is 5.41 Å². The normalized spacial score (nSPS) is 19.7. The van der Waals surface area contributed by atoms with Crippen LogP contribution in [0.5, 0.6) is 0 Å². The molecule has 7 heteroatoms. The van der Waals surface area contributed by atoms with Crippen LogP contribution < -0.4 is 11.1 Å². The molecule has 3 N–H and O–H groups in total. The van der Waals surface area contributed by atoms with Crippen molar-refractivity contribution in [3.05, 3.63) is 5.01 Å². The van der Waals surface area contributed by atoms with Crippen molar-refractivity contribution < 1.29 is 4.79 Å². The molecule has 0 bridgehead atoms. The first-order valence-corrected chi connectivity index (χ1v) is 6.86. The van der Waals surface area contributed by atoms with Crippen LogP contribution in [0.4, 0.5) is 5.13 Å². The maximum Gasteiger partial charge on any atom is 0.282 e. The number of hydrogen-bond acceptors (Lipinski definition) is 6. The summed E-state index contributed by atoms with van der Waals surface area (Å²) in [6.45, 7) is 5.06. The summed E-state index contributed by atoms with van der Waals surface area (Å²) < 4.78 is 0. The van der Waals surface area contributed by atoms with Crippen molar-refractivity contribution in [1.82, 2.24) is 20.4 Å². The predicted octanol–water partition coefficient (Wildman–Crippen LogP) is 0.582. The highest BCUT2D eigenvalue weighted by atomic mass is 32.1. The number of piperidine rings is 1. The summed E-state index contributed by atoms with van der Waals surface area (Å²) >= 11 is 1.12. The quantitative estimate of drug-likeness (QED) is 0.838. The molecule has 1 fully saturated rings. The molecule has 1 aromatic rings. The molecule has 1 aromatic heterocycles. The number of likely N-dealkylation sites (tertiary alicyclic amines) is 1. The molecule has 1 aliphatic heterocycles. The molecule has 0 saturated carbocycles. The van der Waals surface area contributed by atoms with Gasteiger partial charge in [0.1, 0.15) is 0 Å². The van der Waals surface area contributed by atoms with Gasteiger partial charge >= 0.3 is 0 Å². The average molecular weight is 269 g/mol. The van der Waals surface area contributed by atoms with Gasteiger partial charge in [-0.25, -0.2) is 0 Å². The fourth-order valence-corrected chi connectivity index (χ4v) is 2.56. The van der Waals surface area contributed by atoms with E-state index in [9.17, 15) is 4.79 Å². The van der Waals surface area contributed by atoms with Gasteiger partial charge in [-0.2, -0.15) is 0 Å². The van der Waals surface area contributed by atoms with Crippen molar-refractivity contribution in [2.75, 3.05) is 32.4 Å². The fraction of sp³-hybridized carbons (Fsp3) is 0.727. The molecule has 2 heterocycles. The van der Waals surface area contributed by atoms with E-state index in [4.69, 9.17) is 5.73 Å². The third-order valence-electron chi connectivity index (χ3n) is 3.50. The summed E-state index contributed by atoms with van der Waals surface area (Å²) in [6, 6.07) is 0. The zero-order valence-electron chi connectivity index (χ0n) is 10.8. The van der Waals surface area contributed by atoms with E-state index in [0.29, 0.717) is 16.7 Å². The summed E-state index contributed by atoms with van der Waals surface area (Å²) in [7, 11) is 2.13. The van der Waals surface area contributed by atoms with Gasteiger partial charge < -0.3 is 16.0 Å². The number of anilines is 1. The van der Waals surface area contributed by atoms with Gasteiger partial charge in [0.15, 0.2) is 0 Å². The first-order valence-electron chi connectivity index (χ1n) is 6.04. The molecule has 1 aliphatic rings. The SMILES string of the molecule is CN1CCC(C)(CNC(=O)c2nnc(N)s2)CC1. The Morgan fingerprint density at radius 3 is 2.72 bits per heavy atom. The smallest absolute Gasteiger partial charge is 0.282 e. The minimum atomic E-state index is -0.177. The highest BCUT2D eigenvalue weighted by Crippen LogP contribution is 2.29. The third-order valence-corrected chi connectivity index (χ3v) is 4.26. The largest absolute Gasteiger partial charge is 0.374 e. The third kappa shape index (κ3) is 3.17. The maximum absolute atomic E-state index is 11.8. The van der Waals surface area contributed by atoms with Gasteiger partial charge in [-0.15, -0.1) is 10.2 Å². The highest BCUT2D eigenvalue weighted by Gasteiger charge is 2.29. The monoisotopic (exact) mass is 269 g/mol. The molecule has 0 atom stereocenters. The molecule has 1 amide bonds. The molecule has 0 radical (unpaired) electrons. The van der Waals surface area contributed by atoms with Gasteiger partial charge in [0.25, 0.3) is 5.91 Å². The summed E-state index contributed by atoms with van der Waals surface area (Å²) in [6.07, 6.45) is 2.20. The van der Waals surface area contributed by atoms with Gasteiger partial charge in [-0.1, -0.05) is 18.3 Å². The molecule has 0 aromatic carbocycles. The fourth-order valence-electron chi connectivity index (χ4n) is 2.03. The zero-order valence-corrected chi connectivity index (χ0v) is 11.6. The van der Waals surface area contributed by atoms with Crippen LogP contribution >= 0.6 is 11.3 Å². The van der Waals surface area contributed by atoms with E-state index in [1.165, 1.54) is 0 Å². The zero-order chi connectivity index (χ0) is 13.2. The number of aromatic nitrogens is 2. The Hall–Kier alpha value is -1.21. The van der Waals surface area contributed by atoms with Crippen LogP contribution in [0.15, 0.2) is 0 Å². The molecule has 100 valence electrons. The Labute approximate surface area is 111 Å². The Bertz CT molecular complexity index is 425. The van der Waals surface area contributed by atoms with Crippen molar-refractivity contribution in [2.45, 2.75) is 19.8 Å². The Kier molecular flexibility index (Phi) is 3.82. The number of carbonyl (C=O) groups is 1. The number of amides is 1. The number of rotatable bonds is 3. The number of hydrogen-bond donors (Lipinski definition) is 2. The lowest BCUT2D eigenvalue weighted by atomic mass is 9.80. The molecule has 0 aliphatic carbocycles. The van der Waals surface area contributed by atoms with Crippen LogP contribution in [0, 0.1) is 5.41 Å². The minimum Gasteiger partial charge on any atom is -0.374 e.